The molecule has 0 aliphatic heterocycles. The normalized spacial score (nSPS) is 10.5. The molecule has 0 radical (unpaired) electrons. The van der Waals surface area contributed by atoms with Crippen LogP contribution in [0.15, 0.2) is 47.5 Å². The third kappa shape index (κ3) is 3.68. The fourth-order valence-electron chi connectivity index (χ4n) is 1.62. The summed E-state index contributed by atoms with van der Waals surface area (Å²) in [6, 6.07) is 10.1. The van der Waals surface area contributed by atoms with Crippen molar-refractivity contribution in [3.63, 3.8) is 0 Å². The zero-order chi connectivity index (χ0) is 12.8. The predicted molar refractivity (Wildman–Crippen MR) is 71.7 cm³/mol. The van der Waals surface area contributed by atoms with E-state index < -0.39 is 0 Å². The molecule has 2 aromatic rings. The van der Waals surface area contributed by atoms with Crippen molar-refractivity contribution >= 4 is 11.6 Å². The van der Waals surface area contributed by atoms with E-state index in [4.69, 9.17) is 11.6 Å². The van der Waals surface area contributed by atoms with Crippen LogP contribution in [0.1, 0.15) is 5.56 Å². The zero-order valence-electron chi connectivity index (χ0n) is 9.84. The third-order valence-corrected chi connectivity index (χ3v) is 2.72. The lowest BCUT2D eigenvalue weighted by molar-refractivity contribution is 0.576. The summed E-state index contributed by atoms with van der Waals surface area (Å²) >= 11 is 5.78. The first kappa shape index (κ1) is 12.8. The molecule has 1 N–H and O–H groups in total. The molecule has 1 aromatic heterocycles. The molecule has 0 amide bonds. The second-order valence-electron chi connectivity index (χ2n) is 3.91. The highest BCUT2D eigenvalue weighted by atomic mass is 35.5. The van der Waals surface area contributed by atoms with Crippen molar-refractivity contribution in [3.05, 3.63) is 63.8 Å². The van der Waals surface area contributed by atoms with E-state index in [1.54, 1.807) is 6.20 Å². The van der Waals surface area contributed by atoms with Gasteiger partial charge in [0.2, 0.25) is 0 Å². The van der Waals surface area contributed by atoms with Gasteiger partial charge in [-0.15, -0.1) is 0 Å². The van der Waals surface area contributed by atoms with Gasteiger partial charge in [0, 0.05) is 25.8 Å². The molecule has 4 nitrogen and oxygen atoms in total. The Labute approximate surface area is 110 Å². The number of hydrogen-bond donors (Lipinski definition) is 1. The second-order valence-corrected chi connectivity index (χ2v) is 4.35. The Morgan fingerprint density at radius 1 is 1.28 bits per heavy atom. The summed E-state index contributed by atoms with van der Waals surface area (Å²) < 4.78 is 1.50. The first-order valence-corrected chi connectivity index (χ1v) is 6.10. The van der Waals surface area contributed by atoms with Crippen LogP contribution in [-0.4, -0.2) is 16.1 Å². The van der Waals surface area contributed by atoms with Gasteiger partial charge in [0.1, 0.15) is 0 Å². The van der Waals surface area contributed by atoms with Crippen LogP contribution in [0.3, 0.4) is 0 Å². The third-order valence-electron chi connectivity index (χ3n) is 2.52. The highest BCUT2D eigenvalue weighted by molar-refractivity contribution is 6.30. The maximum absolute atomic E-state index is 11.4. The van der Waals surface area contributed by atoms with Gasteiger partial charge in [0.25, 0.3) is 0 Å². The molecule has 0 saturated carbocycles. The van der Waals surface area contributed by atoms with Crippen LogP contribution < -0.4 is 11.0 Å². The first-order chi connectivity index (χ1) is 8.75. The lowest BCUT2D eigenvalue weighted by Gasteiger charge is -2.07. The van der Waals surface area contributed by atoms with Gasteiger partial charge in [-0.05, 0) is 5.56 Å². The van der Waals surface area contributed by atoms with Crippen LogP contribution in [0.25, 0.3) is 0 Å². The van der Waals surface area contributed by atoms with Crippen molar-refractivity contribution in [2.45, 2.75) is 13.1 Å². The summed E-state index contributed by atoms with van der Waals surface area (Å²) in [5.41, 5.74) is 0.940. The minimum atomic E-state index is -0.277. The summed E-state index contributed by atoms with van der Waals surface area (Å²) in [5.74, 6) is 0. The van der Waals surface area contributed by atoms with E-state index in [0.717, 1.165) is 6.54 Å². The summed E-state index contributed by atoms with van der Waals surface area (Å²) in [5, 5.41) is 3.74. The molecule has 1 heterocycles. The minimum Gasteiger partial charge on any atom is -0.311 e. The number of nitrogens with zero attached hydrogens (tertiary/aromatic N) is 2. The minimum absolute atomic E-state index is 0.277. The number of hydrogen-bond acceptors (Lipinski definition) is 3. The summed E-state index contributed by atoms with van der Waals surface area (Å²) in [4.78, 5) is 15.1. The Balaban J connectivity index is 1.82. The van der Waals surface area contributed by atoms with Crippen LogP contribution in [0.4, 0.5) is 0 Å². The Morgan fingerprint density at radius 2 is 2.06 bits per heavy atom. The zero-order valence-corrected chi connectivity index (χ0v) is 10.6. The van der Waals surface area contributed by atoms with E-state index >= 15 is 0 Å². The van der Waals surface area contributed by atoms with Crippen LogP contribution in [-0.2, 0) is 13.1 Å². The van der Waals surface area contributed by atoms with Gasteiger partial charge in [-0.25, -0.2) is 9.78 Å². The topological polar surface area (TPSA) is 46.9 Å². The Morgan fingerprint density at radius 3 is 2.83 bits per heavy atom. The fourth-order valence-corrected chi connectivity index (χ4v) is 1.78. The average Bonchev–Trinajstić information content (AvgIpc) is 2.40. The van der Waals surface area contributed by atoms with Gasteiger partial charge >= 0.3 is 5.69 Å². The van der Waals surface area contributed by atoms with Crippen molar-refractivity contribution in [2.24, 2.45) is 0 Å². The standard InChI is InChI=1S/C13H14ClN3O/c14-12-9-16-13(18)17(10-12)7-6-15-8-11-4-2-1-3-5-11/h1-5,9-10,15H,6-8H2. The van der Waals surface area contributed by atoms with Crippen LogP contribution in [0, 0.1) is 0 Å². The maximum atomic E-state index is 11.4. The Hall–Kier alpha value is -1.65. The first-order valence-electron chi connectivity index (χ1n) is 5.72. The van der Waals surface area contributed by atoms with E-state index in [1.807, 2.05) is 18.2 Å². The van der Waals surface area contributed by atoms with Gasteiger partial charge in [0.05, 0.1) is 11.2 Å². The molecule has 2 rings (SSSR count). The molecule has 18 heavy (non-hydrogen) atoms. The highest BCUT2D eigenvalue weighted by Crippen LogP contribution is 2.01. The molecule has 0 saturated heterocycles. The largest absolute Gasteiger partial charge is 0.347 e. The van der Waals surface area contributed by atoms with Crippen LogP contribution in [0.5, 0.6) is 0 Å². The maximum Gasteiger partial charge on any atom is 0.347 e. The molecule has 0 fully saturated rings. The SMILES string of the molecule is O=c1ncc(Cl)cn1CCNCc1ccccc1. The monoisotopic (exact) mass is 263 g/mol. The van der Waals surface area contributed by atoms with Crippen molar-refractivity contribution < 1.29 is 0 Å². The molecular weight excluding hydrogens is 250 g/mol. The van der Waals surface area contributed by atoms with E-state index in [-0.39, 0.29) is 5.69 Å². The molecule has 0 spiro atoms. The Kier molecular flexibility index (Phi) is 4.50. The average molecular weight is 264 g/mol. The van der Waals surface area contributed by atoms with Gasteiger partial charge < -0.3 is 5.32 Å². The number of nitrogens with one attached hydrogen (secondary N) is 1. The van der Waals surface area contributed by atoms with Crippen molar-refractivity contribution in [3.8, 4) is 0 Å². The molecule has 0 aliphatic carbocycles. The van der Waals surface area contributed by atoms with Crippen LogP contribution >= 0.6 is 11.6 Å². The highest BCUT2D eigenvalue weighted by Gasteiger charge is 1.98. The molecule has 0 atom stereocenters. The summed E-state index contributed by atoms with van der Waals surface area (Å²) in [6.07, 6.45) is 2.96. The fraction of sp³-hybridized carbons (Fsp3) is 0.231. The molecule has 94 valence electrons. The number of benzene rings is 1. The van der Waals surface area contributed by atoms with E-state index in [1.165, 1.54) is 16.3 Å². The van der Waals surface area contributed by atoms with Gasteiger partial charge in [-0.1, -0.05) is 41.9 Å². The van der Waals surface area contributed by atoms with Crippen molar-refractivity contribution in [1.29, 1.82) is 0 Å². The van der Waals surface area contributed by atoms with E-state index in [0.29, 0.717) is 18.1 Å². The predicted octanol–water partition coefficient (Wildman–Crippen LogP) is 1.69. The number of rotatable bonds is 5. The lowest BCUT2D eigenvalue weighted by Crippen LogP contribution is -2.27. The number of aromatic nitrogens is 2. The molecule has 0 bridgehead atoms. The second kappa shape index (κ2) is 6.33. The van der Waals surface area contributed by atoms with Crippen molar-refractivity contribution in [2.75, 3.05) is 6.54 Å². The molecule has 0 aliphatic rings. The van der Waals surface area contributed by atoms with Gasteiger partial charge in [-0.2, -0.15) is 0 Å². The smallest absolute Gasteiger partial charge is 0.311 e. The number of halogens is 1. The molecule has 1 aromatic carbocycles. The molecule has 0 unspecified atom stereocenters. The molecular formula is C13H14ClN3O. The summed E-state index contributed by atoms with van der Waals surface area (Å²) in [7, 11) is 0. The van der Waals surface area contributed by atoms with Crippen LogP contribution in [0.2, 0.25) is 5.02 Å². The molecule has 5 heteroatoms. The Bertz CT molecular complexity index is 554. The van der Waals surface area contributed by atoms with Gasteiger partial charge in [-0.3, -0.25) is 4.57 Å². The summed E-state index contributed by atoms with van der Waals surface area (Å²) in [6.45, 7) is 2.03. The van der Waals surface area contributed by atoms with E-state index in [9.17, 15) is 4.79 Å². The lowest BCUT2D eigenvalue weighted by atomic mass is 10.2. The van der Waals surface area contributed by atoms with E-state index in [2.05, 4.69) is 22.4 Å². The quantitative estimate of drug-likeness (QED) is 0.835. The van der Waals surface area contributed by atoms with Crippen molar-refractivity contribution in [1.82, 2.24) is 14.9 Å². The van der Waals surface area contributed by atoms with Gasteiger partial charge in [0.15, 0.2) is 0 Å².